The minimum atomic E-state index is 0.938. The van der Waals surface area contributed by atoms with E-state index in [2.05, 4.69) is 97.9 Å². The highest BCUT2D eigenvalue weighted by atomic mass is 15.0. The Hall–Kier alpha value is -2.64. The van der Waals surface area contributed by atoms with Gasteiger partial charge in [-0.2, -0.15) is 0 Å². The highest BCUT2D eigenvalue weighted by molar-refractivity contribution is 6.13. The van der Waals surface area contributed by atoms with E-state index in [0.29, 0.717) is 0 Å². The molecule has 0 bridgehead atoms. The molecule has 1 heteroatoms. The maximum atomic E-state index is 2.29. The molecule has 1 nitrogen and oxygen atoms in total. The molecule has 0 aromatic heterocycles. The van der Waals surface area contributed by atoms with Gasteiger partial charge >= 0.3 is 0 Å². The van der Waals surface area contributed by atoms with Crippen molar-refractivity contribution in [2.45, 2.75) is 6.54 Å². The highest BCUT2D eigenvalue weighted by Crippen LogP contribution is 2.38. The summed E-state index contributed by atoms with van der Waals surface area (Å²) in [5.41, 5.74) is 4.05. The van der Waals surface area contributed by atoms with E-state index in [1.807, 2.05) is 0 Å². The standard InChI is InChI=1S/C23H21N/c1-24(2)16-19-11-5-8-14-22(19)23-20-12-6-3-9-17(20)15-18-10-4-7-13-21(18)23/h3-15H,16H2,1-2H3. The predicted molar refractivity (Wildman–Crippen MR) is 104 cm³/mol. The summed E-state index contributed by atoms with van der Waals surface area (Å²) in [5.74, 6) is 0. The lowest BCUT2D eigenvalue weighted by atomic mass is 9.89. The first-order valence-electron chi connectivity index (χ1n) is 8.37. The summed E-state index contributed by atoms with van der Waals surface area (Å²) in [6, 6.07) is 28.5. The lowest BCUT2D eigenvalue weighted by Crippen LogP contribution is -2.11. The Balaban J connectivity index is 2.12. The van der Waals surface area contributed by atoms with Gasteiger partial charge in [-0.1, -0.05) is 72.8 Å². The Morgan fingerprint density at radius 2 is 1.21 bits per heavy atom. The van der Waals surface area contributed by atoms with Crippen molar-refractivity contribution in [1.82, 2.24) is 4.90 Å². The quantitative estimate of drug-likeness (QED) is 0.437. The molecule has 4 aromatic carbocycles. The summed E-state index contributed by atoms with van der Waals surface area (Å²) >= 11 is 0. The summed E-state index contributed by atoms with van der Waals surface area (Å²) in [7, 11) is 4.25. The maximum Gasteiger partial charge on any atom is 0.0233 e. The first-order valence-corrected chi connectivity index (χ1v) is 8.37. The van der Waals surface area contributed by atoms with E-state index >= 15 is 0 Å². The van der Waals surface area contributed by atoms with E-state index in [-0.39, 0.29) is 0 Å². The zero-order chi connectivity index (χ0) is 16.5. The van der Waals surface area contributed by atoms with Gasteiger partial charge in [-0.25, -0.2) is 0 Å². The van der Waals surface area contributed by atoms with Gasteiger partial charge in [0.2, 0.25) is 0 Å². The molecule has 0 aliphatic rings. The fourth-order valence-corrected chi connectivity index (χ4v) is 3.55. The van der Waals surface area contributed by atoms with Gasteiger partial charge in [0.1, 0.15) is 0 Å². The molecular formula is C23H21N. The van der Waals surface area contributed by atoms with Crippen molar-refractivity contribution < 1.29 is 0 Å². The zero-order valence-electron chi connectivity index (χ0n) is 14.2. The first kappa shape index (κ1) is 14.9. The summed E-state index contributed by atoms with van der Waals surface area (Å²) in [5, 5.41) is 5.24. The molecule has 4 rings (SSSR count). The van der Waals surface area contributed by atoms with E-state index in [9.17, 15) is 0 Å². The van der Waals surface area contributed by atoms with Gasteiger partial charge in [0.25, 0.3) is 0 Å². The minimum Gasteiger partial charge on any atom is -0.305 e. The van der Waals surface area contributed by atoms with Crippen LogP contribution in [0.3, 0.4) is 0 Å². The monoisotopic (exact) mass is 311 g/mol. The van der Waals surface area contributed by atoms with Gasteiger partial charge in [-0.3, -0.25) is 0 Å². The maximum absolute atomic E-state index is 2.29. The van der Waals surface area contributed by atoms with Crippen LogP contribution in [0.15, 0.2) is 78.9 Å². The minimum absolute atomic E-state index is 0.938. The molecule has 0 unspecified atom stereocenters. The van der Waals surface area contributed by atoms with E-state index in [0.717, 1.165) is 6.54 Å². The number of fused-ring (bicyclic) bond motifs is 2. The number of nitrogens with zero attached hydrogens (tertiary/aromatic N) is 1. The van der Waals surface area contributed by atoms with Gasteiger partial charge < -0.3 is 4.90 Å². The lowest BCUT2D eigenvalue weighted by Gasteiger charge is -2.18. The molecule has 0 saturated carbocycles. The molecule has 0 amide bonds. The van der Waals surface area contributed by atoms with Crippen LogP contribution in [-0.4, -0.2) is 19.0 Å². The second-order valence-electron chi connectivity index (χ2n) is 6.59. The molecule has 0 heterocycles. The molecule has 24 heavy (non-hydrogen) atoms. The van der Waals surface area contributed by atoms with Crippen molar-refractivity contribution >= 4 is 21.5 Å². The molecule has 0 aliphatic carbocycles. The molecule has 0 radical (unpaired) electrons. The van der Waals surface area contributed by atoms with Crippen molar-refractivity contribution in [2.24, 2.45) is 0 Å². The average Bonchev–Trinajstić information content (AvgIpc) is 2.60. The van der Waals surface area contributed by atoms with Crippen molar-refractivity contribution in [3.05, 3.63) is 84.4 Å². The Morgan fingerprint density at radius 1 is 0.667 bits per heavy atom. The predicted octanol–water partition coefficient (Wildman–Crippen LogP) is 5.72. The Morgan fingerprint density at radius 3 is 1.83 bits per heavy atom. The van der Waals surface area contributed by atoms with E-state index in [1.54, 1.807) is 0 Å². The lowest BCUT2D eigenvalue weighted by molar-refractivity contribution is 0.403. The van der Waals surface area contributed by atoms with Crippen LogP contribution in [0.2, 0.25) is 0 Å². The molecule has 0 atom stereocenters. The number of rotatable bonds is 3. The van der Waals surface area contributed by atoms with Crippen molar-refractivity contribution in [3.63, 3.8) is 0 Å². The molecular weight excluding hydrogens is 290 g/mol. The third-order valence-electron chi connectivity index (χ3n) is 4.54. The summed E-state index contributed by atoms with van der Waals surface area (Å²) in [4.78, 5) is 2.23. The molecule has 0 N–H and O–H groups in total. The van der Waals surface area contributed by atoms with Crippen LogP contribution in [0.1, 0.15) is 5.56 Å². The molecule has 0 saturated heterocycles. The van der Waals surface area contributed by atoms with Crippen LogP contribution in [0.5, 0.6) is 0 Å². The largest absolute Gasteiger partial charge is 0.305 e. The zero-order valence-corrected chi connectivity index (χ0v) is 14.2. The third kappa shape index (κ3) is 2.57. The molecule has 0 spiro atoms. The van der Waals surface area contributed by atoms with E-state index in [1.165, 1.54) is 38.2 Å². The van der Waals surface area contributed by atoms with Gasteiger partial charge in [-0.15, -0.1) is 0 Å². The second kappa shape index (κ2) is 6.10. The van der Waals surface area contributed by atoms with Gasteiger partial charge in [0, 0.05) is 6.54 Å². The topological polar surface area (TPSA) is 3.24 Å². The molecule has 0 fully saturated rings. The van der Waals surface area contributed by atoms with Crippen molar-refractivity contribution in [1.29, 1.82) is 0 Å². The van der Waals surface area contributed by atoms with Crippen LogP contribution in [0.25, 0.3) is 32.7 Å². The van der Waals surface area contributed by atoms with Gasteiger partial charge in [-0.05, 0) is 58.4 Å². The number of benzene rings is 4. The Kier molecular flexibility index (Phi) is 3.79. The fraction of sp³-hybridized carbons (Fsp3) is 0.130. The van der Waals surface area contributed by atoms with Crippen LogP contribution in [0.4, 0.5) is 0 Å². The number of hydrogen-bond donors (Lipinski definition) is 0. The highest BCUT2D eigenvalue weighted by Gasteiger charge is 2.13. The van der Waals surface area contributed by atoms with E-state index < -0.39 is 0 Å². The fourth-order valence-electron chi connectivity index (χ4n) is 3.55. The van der Waals surface area contributed by atoms with Crippen LogP contribution >= 0.6 is 0 Å². The summed E-state index contributed by atoms with van der Waals surface area (Å²) in [6.45, 7) is 0.938. The smallest absolute Gasteiger partial charge is 0.0233 e. The van der Waals surface area contributed by atoms with Crippen LogP contribution < -0.4 is 0 Å². The van der Waals surface area contributed by atoms with E-state index in [4.69, 9.17) is 0 Å². The van der Waals surface area contributed by atoms with Crippen molar-refractivity contribution in [2.75, 3.05) is 14.1 Å². The normalized spacial score (nSPS) is 11.5. The van der Waals surface area contributed by atoms with Crippen LogP contribution in [0, 0.1) is 0 Å². The molecule has 118 valence electrons. The average molecular weight is 311 g/mol. The van der Waals surface area contributed by atoms with Crippen LogP contribution in [-0.2, 0) is 6.54 Å². The Labute approximate surface area is 143 Å². The number of hydrogen-bond acceptors (Lipinski definition) is 1. The first-order chi connectivity index (χ1) is 11.7. The summed E-state index contributed by atoms with van der Waals surface area (Å²) < 4.78 is 0. The summed E-state index contributed by atoms with van der Waals surface area (Å²) in [6.07, 6.45) is 0. The molecule has 4 aromatic rings. The van der Waals surface area contributed by atoms with Gasteiger partial charge in [0.05, 0.1) is 0 Å². The van der Waals surface area contributed by atoms with Crippen molar-refractivity contribution in [3.8, 4) is 11.1 Å². The SMILES string of the molecule is CN(C)Cc1ccccc1-c1c2ccccc2cc2ccccc12. The van der Waals surface area contributed by atoms with Gasteiger partial charge in [0.15, 0.2) is 0 Å². The second-order valence-corrected chi connectivity index (χ2v) is 6.59. The Bertz CT molecular complexity index is 961. The third-order valence-corrected chi connectivity index (χ3v) is 4.54. The molecule has 0 aliphatic heterocycles.